The maximum absolute atomic E-state index is 12.3. The van der Waals surface area contributed by atoms with Crippen molar-refractivity contribution in [3.05, 3.63) is 71.1 Å². The molecule has 0 aliphatic carbocycles. The number of benzene rings is 1. The van der Waals surface area contributed by atoms with Gasteiger partial charge in [0.25, 0.3) is 0 Å². The van der Waals surface area contributed by atoms with E-state index in [1.54, 1.807) is 29.3 Å². The first-order valence-electron chi connectivity index (χ1n) is 9.74. The summed E-state index contributed by atoms with van der Waals surface area (Å²) in [5.74, 6) is 2.20. The number of hydrogen-bond acceptors (Lipinski definition) is 5. The van der Waals surface area contributed by atoms with Gasteiger partial charge in [-0.1, -0.05) is 29.3 Å². The fourth-order valence-electron chi connectivity index (χ4n) is 3.10. The van der Waals surface area contributed by atoms with Gasteiger partial charge in [0, 0.05) is 37.6 Å². The van der Waals surface area contributed by atoms with Crippen molar-refractivity contribution in [3.8, 4) is 17.4 Å². The average molecular weight is 459 g/mol. The summed E-state index contributed by atoms with van der Waals surface area (Å²) in [6.07, 6.45) is 5.49. The zero-order valence-corrected chi connectivity index (χ0v) is 18.0. The largest absolute Gasteiger partial charge is 0.493 e. The van der Waals surface area contributed by atoms with Gasteiger partial charge in [0.1, 0.15) is 11.5 Å². The molecule has 4 rings (SSSR count). The van der Waals surface area contributed by atoms with E-state index in [0.29, 0.717) is 58.7 Å². The summed E-state index contributed by atoms with van der Waals surface area (Å²) < 4.78 is 11.6. The van der Waals surface area contributed by atoms with Gasteiger partial charge >= 0.3 is 6.03 Å². The Morgan fingerprint density at radius 1 is 1.13 bits per heavy atom. The van der Waals surface area contributed by atoms with Crippen LogP contribution in [0.4, 0.5) is 10.5 Å². The second-order valence-electron chi connectivity index (χ2n) is 7.09. The van der Waals surface area contributed by atoms with E-state index in [9.17, 15) is 4.79 Å². The summed E-state index contributed by atoms with van der Waals surface area (Å²) in [6, 6.07) is 12.3. The third-order valence-corrected chi connectivity index (χ3v) is 5.33. The molecular formula is C22H20Cl2N4O3. The van der Waals surface area contributed by atoms with Crippen molar-refractivity contribution in [1.29, 1.82) is 0 Å². The third-order valence-electron chi connectivity index (χ3n) is 4.78. The monoisotopic (exact) mass is 458 g/mol. The smallest absolute Gasteiger partial charge is 0.321 e. The van der Waals surface area contributed by atoms with Crippen LogP contribution in [0.15, 0.2) is 61.1 Å². The summed E-state index contributed by atoms with van der Waals surface area (Å²) in [5.41, 5.74) is 0.511. The number of aromatic nitrogens is 2. The van der Waals surface area contributed by atoms with Crippen LogP contribution in [-0.4, -0.2) is 40.6 Å². The lowest BCUT2D eigenvalue weighted by atomic mass is 9.97. The summed E-state index contributed by atoms with van der Waals surface area (Å²) >= 11 is 11.9. The molecule has 1 aromatic carbocycles. The Balaban J connectivity index is 1.19. The number of urea groups is 1. The highest BCUT2D eigenvalue weighted by atomic mass is 35.5. The van der Waals surface area contributed by atoms with Crippen molar-refractivity contribution in [2.24, 2.45) is 5.92 Å². The standard InChI is InChI=1S/C22H20Cl2N4O3/c23-16-4-5-21(26-11-16)31-18-3-1-2-17(10-18)30-9-7-15-13-28(14-15)22(29)27-20-12-25-8-6-19(20)24/h1-6,8,10-12,15H,7,9,13-14H2,(H,27,29). The minimum absolute atomic E-state index is 0.173. The number of rotatable bonds is 7. The van der Waals surface area contributed by atoms with E-state index in [1.807, 2.05) is 24.3 Å². The highest BCUT2D eigenvalue weighted by Crippen LogP contribution is 2.26. The lowest BCUT2D eigenvalue weighted by Gasteiger charge is -2.39. The molecule has 0 radical (unpaired) electrons. The molecule has 1 aliphatic heterocycles. The van der Waals surface area contributed by atoms with Gasteiger partial charge in [0.15, 0.2) is 0 Å². The number of halogens is 2. The molecule has 0 unspecified atom stereocenters. The molecule has 0 saturated carbocycles. The molecule has 2 amide bonds. The average Bonchev–Trinajstić information content (AvgIpc) is 2.73. The molecule has 1 saturated heterocycles. The Labute approximate surface area is 189 Å². The van der Waals surface area contributed by atoms with Crippen molar-refractivity contribution < 1.29 is 14.3 Å². The number of nitrogens with zero attached hydrogens (tertiary/aromatic N) is 3. The molecule has 1 fully saturated rings. The Kier molecular flexibility index (Phi) is 6.74. The third kappa shape index (κ3) is 5.77. The molecule has 1 N–H and O–H groups in total. The van der Waals surface area contributed by atoms with E-state index in [0.717, 1.165) is 6.42 Å². The number of anilines is 1. The van der Waals surface area contributed by atoms with Crippen molar-refractivity contribution in [3.63, 3.8) is 0 Å². The zero-order chi connectivity index (χ0) is 21.6. The van der Waals surface area contributed by atoms with E-state index >= 15 is 0 Å². The van der Waals surface area contributed by atoms with Crippen LogP contribution >= 0.6 is 23.2 Å². The van der Waals surface area contributed by atoms with Gasteiger partial charge in [-0.3, -0.25) is 4.98 Å². The van der Waals surface area contributed by atoms with Crippen LogP contribution in [0, 0.1) is 5.92 Å². The molecular weight excluding hydrogens is 439 g/mol. The molecule has 9 heteroatoms. The number of hydrogen-bond donors (Lipinski definition) is 1. The number of nitrogens with one attached hydrogen (secondary N) is 1. The Hall–Kier alpha value is -3.03. The van der Waals surface area contributed by atoms with E-state index in [1.165, 1.54) is 12.4 Å². The van der Waals surface area contributed by atoms with Crippen molar-refractivity contribution in [1.82, 2.24) is 14.9 Å². The second kappa shape index (κ2) is 9.85. The molecule has 31 heavy (non-hydrogen) atoms. The van der Waals surface area contributed by atoms with Gasteiger partial charge in [-0.05, 0) is 36.6 Å². The van der Waals surface area contributed by atoms with Crippen LogP contribution in [0.2, 0.25) is 10.0 Å². The summed E-state index contributed by atoms with van der Waals surface area (Å²) in [7, 11) is 0. The Morgan fingerprint density at radius 2 is 1.97 bits per heavy atom. The summed E-state index contributed by atoms with van der Waals surface area (Å²) in [4.78, 5) is 22.1. The SMILES string of the molecule is O=C(Nc1cnccc1Cl)N1CC(CCOc2cccc(Oc3ccc(Cl)cn3)c2)C1. The molecule has 2 aromatic heterocycles. The quantitative estimate of drug-likeness (QED) is 0.504. The number of pyridine rings is 2. The first-order valence-corrected chi connectivity index (χ1v) is 10.5. The van der Waals surface area contributed by atoms with Gasteiger partial charge in [-0.2, -0.15) is 0 Å². The lowest BCUT2D eigenvalue weighted by molar-refractivity contribution is 0.113. The summed E-state index contributed by atoms with van der Waals surface area (Å²) in [5, 5.41) is 3.80. The fraction of sp³-hybridized carbons (Fsp3) is 0.227. The molecule has 1 aliphatic rings. The van der Waals surface area contributed by atoms with Gasteiger partial charge in [0.2, 0.25) is 5.88 Å². The van der Waals surface area contributed by atoms with E-state index in [2.05, 4.69) is 15.3 Å². The van der Waals surface area contributed by atoms with Crippen LogP contribution in [0.5, 0.6) is 17.4 Å². The van der Waals surface area contributed by atoms with E-state index in [4.69, 9.17) is 32.7 Å². The van der Waals surface area contributed by atoms with Crippen molar-refractivity contribution in [2.75, 3.05) is 25.0 Å². The molecule has 160 valence electrons. The molecule has 7 nitrogen and oxygen atoms in total. The highest BCUT2D eigenvalue weighted by Gasteiger charge is 2.30. The van der Waals surface area contributed by atoms with Crippen molar-refractivity contribution in [2.45, 2.75) is 6.42 Å². The van der Waals surface area contributed by atoms with Gasteiger partial charge in [-0.25, -0.2) is 9.78 Å². The topological polar surface area (TPSA) is 76.6 Å². The maximum Gasteiger partial charge on any atom is 0.321 e. The number of carbonyl (C=O) groups excluding carboxylic acids is 1. The molecule has 3 aromatic rings. The fourth-order valence-corrected chi connectivity index (χ4v) is 3.36. The van der Waals surface area contributed by atoms with Crippen LogP contribution in [0.25, 0.3) is 0 Å². The zero-order valence-electron chi connectivity index (χ0n) is 16.5. The number of ether oxygens (including phenoxy) is 2. The second-order valence-corrected chi connectivity index (χ2v) is 7.93. The molecule has 0 atom stereocenters. The number of carbonyl (C=O) groups is 1. The van der Waals surface area contributed by atoms with E-state index < -0.39 is 0 Å². The highest BCUT2D eigenvalue weighted by molar-refractivity contribution is 6.33. The first-order chi connectivity index (χ1) is 15.1. The van der Waals surface area contributed by atoms with Gasteiger partial charge < -0.3 is 19.7 Å². The number of amides is 2. The van der Waals surface area contributed by atoms with Crippen LogP contribution in [0.3, 0.4) is 0 Å². The van der Waals surface area contributed by atoms with Crippen molar-refractivity contribution >= 4 is 34.9 Å². The van der Waals surface area contributed by atoms with Gasteiger partial charge in [-0.15, -0.1) is 0 Å². The predicted molar refractivity (Wildman–Crippen MR) is 119 cm³/mol. The Bertz CT molecular complexity index is 1040. The molecule has 0 spiro atoms. The van der Waals surface area contributed by atoms with Crippen LogP contribution < -0.4 is 14.8 Å². The van der Waals surface area contributed by atoms with Crippen LogP contribution in [0.1, 0.15) is 6.42 Å². The minimum Gasteiger partial charge on any atom is -0.493 e. The van der Waals surface area contributed by atoms with Crippen LogP contribution in [-0.2, 0) is 0 Å². The minimum atomic E-state index is -0.173. The van der Waals surface area contributed by atoms with Gasteiger partial charge in [0.05, 0.1) is 28.5 Å². The lowest BCUT2D eigenvalue weighted by Crippen LogP contribution is -2.52. The first kappa shape index (κ1) is 21.2. The Morgan fingerprint density at radius 3 is 2.74 bits per heavy atom. The predicted octanol–water partition coefficient (Wildman–Crippen LogP) is 5.51. The van der Waals surface area contributed by atoms with E-state index in [-0.39, 0.29) is 6.03 Å². The maximum atomic E-state index is 12.3. The molecule has 3 heterocycles. The summed E-state index contributed by atoms with van der Waals surface area (Å²) in [6.45, 7) is 1.91. The number of likely N-dealkylation sites (tertiary alicyclic amines) is 1. The molecule has 0 bridgehead atoms. The normalized spacial score (nSPS) is 13.4.